The topological polar surface area (TPSA) is 87.2 Å². The van der Waals surface area contributed by atoms with Crippen molar-refractivity contribution in [3.63, 3.8) is 0 Å². The highest BCUT2D eigenvalue weighted by Crippen LogP contribution is 2.28. The molecule has 8 nitrogen and oxygen atoms in total. The van der Waals surface area contributed by atoms with E-state index in [-0.39, 0.29) is 12.2 Å². The fraction of sp³-hybridized carbons (Fsp3) is 0.0952. The molecule has 3 aromatic heterocycles. The van der Waals surface area contributed by atoms with Crippen molar-refractivity contribution in [3.8, 4) is 16.8 Å². The molecular formula is C21H14ClFN6O2. The Morgan fingerprint density at radius 2 is 1.84 bits per heavy atom. The Morgan fingerprint density at radius 1 is 1.10 bits per heavy atom. The van der Waals surface area contributed by atoms with Crippen molar-refractivity contribution in [3.05, 3.63) is 71.3 Å². The van der Waals surface area contributed by atoms with E-state index in [2.05, 4.69) is 20.4 Å². The Labute approximate surface area is 179 Å². The zero-order valence-electron chi connectivity index (χ0n) is 16.2. The number of carbonyl (C=O) groups excluding carboxylic acids is 1. The third-order valence-corrected chi connectivity index (χ3v) is 5.11. The van der Waals surface area contributed by atoms with Crippen LogP contribution < -0.4 is 0 Å². The number of ether oxygens (including phenoxy) is 1. The molecule has 154 valence electrons. The molecule has 0 aliphatic rings. The van der Waals surface area contributed by atoms with Gasteiger partial charge in [0.05, 0.1) is 25.4 Å². The molecule has 0 N–H and O–H groups in total. The Kier molecular flexibility index (Phi) is 4.59. The number of carbonyl (C=O) groups is 1. The number of fused-ring (bicyclic) bond motifs is 3. The van der Waals surface area contributed by atoms with E-state index in [9.17, 15) is 9.18 Å². The number of benzene rings is 2. The summed E-state index contributed by atoms with van der Waals surface area (Å²) in [4.78, 5) is 11.9. The van der Waals surface area contributed by atoms with Crippen molar-refractivity contribution in [2.75, 3.05) is 7.11 Å². The highest BCUT2D eigenvalue weighted by molar-refractivity contribution is 6.30. The van der Waals surface area contributed by atoms with Gasteiger partial charge in [-0.25, -0.2) is 9.07 Å². The van der Waals surface area contributed by atoms with E-state index in [1.54, 1.807) is 51.8 Å². The summed E-state index contributed by atoms with van der Waals surface area (Å²) in [5, 5.41) is 18.3. The molecule has 5 rings (SSSR count). The molecule has 0 saturated carbocycles. The minimum absolute atomic E-state index is 0.0696. The Morgan fingerprint density at radius 3 is 2.55 bits per heavy atom. The van der Waals surface area contributed by atoms with Crippen LogP contribution >= 0.6 is 11.6 Å². The van der Waals surface area contributed by atoms with Crippen LogP contribution in [0.25, 0.3) is 33.6 Å². The maximum atomic E-state index is 13.3. The first kappa shape index (κ1) is 19.1. The molecule has 0 bridgehead atoms. The molecule has 0 fully saturated rings. The molecule has 0 atom stereocenters. The molecule has 0 aliphatic heterocycles. The molecule has 0 saturated heterocycles. The first-order valence-corrected chi connectivity index (χ1v) is 9.63. The second-order valence-corrected chi connectivity index (χ2v) is 7.20. The van der Waals surface area contributed by atoms with E-state index >= 15 is 0 Å². The molecule has 5 aromatic rings. The highest BCUT2D eigenvalue weighted by Gasteiger charge is 2.22. The molecule has 10 heteroatoms. The summed E-state index contributed by atoms with van der Waals surface area (Å²) in [6.07, 6.45) is 1.57. The van der Waals surface area contributed by atoms with Crippen LogP contribution in [-0.4, -0.2) is 42.7 Å². The maximum Gasteiger partial charge on any atom is 0.311 e. The van der Waals surface area contributed by atoms with Gasteiger partial charge in [0, 0.05) is 10.6 Å². The second kappa shape index (κ2) is 7.44. The fourth-order valence-electron chi connectivity index (χ4n) is 3.35. The van der Waals surface area contributed by atoms with Gasteiger partial charge in [0.25, 0.3) is 0 Å². The predicted molar refractivity (Wildman–Crippen MR) is 112 cm³/mol. The van der Waals surface area contributed by atoms with E-state index in [0.717, 1.165) is 5.56 Å². The molecule has 0 amide bonds. The Balaban J connectivity index is 1.77. The monoisotopic (exact) mass is 436 g/mol. The first-order valence-electron chi connectivity index (χ1n) is 9.26. The largest absolute Gasteiger partial charge is 0.469 e. The summed E-state index contributed by atoms with van der Waals surface area (Å²) in [7, 11) is 1.31. The SMILES string of the molecule is COC(=O)Cc1nn(-c2ccc(Cl)cc2)c2c1nnc1c(-c3ccc(F)cc3)cnn12. The summed E-state index contributed by atoms with van der Waals surface area (Å²) >= 11 is 6.03. The van der Waals surface area contributed by atoms with Crippen molar-refractivity contribution in [2.45, 2.75) is 6.42 Å². The zero-order chi connectivity index (χ0) is 21.5. The maximum absolute atomic E-state index is 13.3. The molecule has 0 unspecified atom stereocenters. The van der Waals surface area contributed by atoms with Crippen LogP contribution in [0, 0.1) is 5.82 Å². The number of methoxy groups -OCH3 is 1. The summed E-state index contributed by atoms with van der Waals surface area (Å²) in [6.45, 7) is 0. The lowest BCUT2D eigenvalue weighted by Crippen LogP contribution is -2.06. The number of nitrogens with zero attached hydrogens (tertiary/aromatic N) is 6. The smallest absolute Gasteiger partial charge is 0.311 e. The van der Waals surface area contributed by atoms with Gasteiger partial charge in [0.1, 0.15) is 11.5 Å². The number of hydrogen-bond donors (Lipinski definition) is 0. The van der Waals surface area contributed by atoms with Crippen LogP contribution in [0.15, 0.2) is 54.7 Å². The molecule has 0 radical (unpaired) electrons. The molecule has 0 aliphatic carbocycles. The number of esters is 1. The predicted octanol–water partition coefficient (Wildman–Crippen LogP) is 3.64. The van der Waals surface area contributed by atoms with Crippen molar-refractivity contribution >= 4 is 34.4 Å². The molecular weight excluding hydrogens is 423 g/mol. The van der Waals surface area contributed by atoms with Gasteiger partial charge in [0.2, 0.25) is 0 Å². The van der Waals surface area contributed by atoms with E-state index in [4.69, 9.17) is 16.3 Å². The van der Waals surface area contributed by atoms with E-state index < -0.39 is 5.97 Å². The summed E-state index contributed by atoms with van der Waals surface area (Å²) in [5.41, 5.74) is 3.97. The Hall–Kier alpha value is -3.85. The van der Waals surface area contributed by atoms with Gasteiger partial charge in [-0.15, -0.1) is 10.2 Å². The summed E-state index contributed by atoms with van der Waals surface area (Å²) in [5.74, 6) is -0.779. The fourth-order valence-corrected chi connectivity index (χ4v) is 3.48. The minimum atomic E-state index is -0.447. The van der Waals surface area contributed by atoms with Gasteiger partial charge in [-0.1, -0.05) is 23.7 Å². The molecule has 3 heterocycles. The molecule has 2 aromatic carbocycles. The van der Waals surface area contributed by atoms with Crippen LogP contribution in [0.1, 0.15) is 5.69 Å². The number of halogens is 2. The summed E-state index contributed by atoms with van der Waals surface area (Å²) in [6, 6.07) is 13.1. The lowest BCUT2D eigenvalue weighted by Gasteiger charge is -2.04. The zero-order valence-corrected chi connectivity index (χ0v) is 16.9. The van der Waals surface area contributed by atoms with E-state index in [0.29, 0.717) is 38.8 Å². The van der Waals surface area contributed by atoms with Crippen LogP contribution in [0.3, 0.4) is 0 Å². The third kappa shape index (κ3) is 3.28. The first-order chi connectivity index (χ1) is 15.0. The molecule has 31 heavy (non-hydrogen) atoms. The average molecular weight is 437 g/mol. The van der Waals surface area contributed by atoms with Gasteiger partial charge in [-0.3, -0.25) is 4.79 Å². The second-order valence-electron chi connectivity index (χ2n) is 6.76. The minimum Gasteiger partial charge on any atom is -0.469 e. The number of aromatic nitrogens is 6. The average Bonchev–Trinajstić information content (AvgIpc) is 3.36. The van der Waals surface area contributed by atoms with Crippen LogP contribution in [0.4, 0.5) is 4.39 Å². The lowest BCUT2D eigenvalue weighted by atomic mass is 10.1. The van der Waals surface area contributed by atoms with Crippen molar-refractivity contribution in [1.82, 2.24) is 29.6 Å². The van der Waals surface area contributed by atoms with Gasteiger partial charge < -0.3 is 4.74 Å². The van der Waals surface area contributed by atoms with Gasteiger partial charge >= 0.3 is 5.97 Å². The highest BCUT2D eigenvalue weighted by atomic mass is 35.5. The van der Waals surface area contributed by atoms with Crippen molar-refractivity contribution in [2.24, 2.45) is 0 Å². The van der Waals surface area contributed by atoms with E-state index in [1.165, 1.54) is 19.2 Å². The normalized spacial score (nSPS) is 11.3. The standard InChI is InChI=1S/C21H14ClFN6O2/c1-31-18(30)10-17-19-21(28(27-17)15-8-4-13(22)5-9-15)29-20(26-25-19)16(11-24-29)12-2-6-14(23)7-3-12/h2-9,11H,10H2,1H3. The van der Waals surface area contributed by atoms with Crippen molar-refractivity contribution in [1.29, 1.82) is 0 Å². The van der Waals surface area contributed by atoms with Gasteiger partial charge in [-0.05, 0) is 42.0 Å². The molecule has 0 spiro atoms. The number of rotatable bonds is 4. The quantitative estimate of drug-likeness (QED) is 0.400. The van der Waals surface area contributed by atoms with Crippen LogP contribution in [0.5, 0.6) is 0 Å². The van der Waals surface area contributed by atoms with E-state index in [1.807, 2.05) is 0 Å². The number of hydrogen-bond acceptors (Lipinski definition) is 6. The summed E-state index contributed by atoms with van der Waals surface area (Å²) < 4.78 is 21.4. The lowest BCUT2D eigenvalue weighted by molar-refractivity contribution is -0.139. The van der Waals surface area contributed by atoms with Crippen LogP contribution in [-0.2, 0) is 16.0 Å². The van der Waals surface area contributed by atoms with Crippen molar-refractivity contribution < 1.29 is 13.9 Å². The van der Waals surface area contributed by atoms with Gasteiger partial charge in [-0.2, -0.15) is 14.7 Å². The van der Waals surface area contributed by atoms with Crippen LogP contribution in [0.2, 0.25) is 5.02 Å². The van der Waals surface area contributed by atoms with Gasteiger partial charge in [0.15, 0.2) is 16.8 Å². The Bertz CT molecular complexity index is 1430. The third-order valence-electron chi connectivity index (χ3n) is 4.86.